The van der Waals surface area contributed by atoms with E-state index in [1.807, 2.05) is 18.2 Å². The minimum atomic E-state index is 0.232. The van der Waals surface area contributed by atoms with Crippen LogP contribution in [0.4, 0.5) is 0 Å². The number of rotatable bonds is 3. The molecule has 0 aromatic heterocycles. The van der Waals surface area contributed by atoms with Crippen LogP contribution in [0.3, 0.4) is 0 Å². The molecule has 2 N–H and O–H groups in total. The average Bonchev–Trinajstić information content (AvgIpc) is 2.76. The van der Waals surface area contributed by atoms with Crippen LogP contribution in [0.2, 0.25) is 0 Å². The Labute approximate surface area is 90.1 Å². The number of hydrogen-bond acceptors (Lipinski definition) is 3. The number of aliphatic hydroxyl groups excluding tert-OH is 1. The first-order valence-electron chi connectivity index (χ1n) is 5.31. The molecule has 82 valence electrons. The Kier molecular flexibility index (Phi) is 3.23. The van der Waals surface area contributed by atoms with Crippen LogP contribution in [0.15, 0.2) is 24.3 Å². The van der Waals surface area contributed by atoms with Crippen molar-refractivity contribution in [2.45, 2.75) is 5.92 Å². The van der Waals surface area contributed by atoms with Gasteiger partial charge < -0.3 is 15.2 Å². The third kappa shape index (κ3) is 1.98. The van der Waals surface area contributed by atoms with Gasteiger partial charge in [0.2, 0.25) is 0 Å². The summed E-state index contributed by atoms with van der Waals surface area (Å²) >= 11 is 0. The van der Waals surface area contributed by atoms with Crippen molar-refractivity contribution in [3.63, 3.8) is 0 Å². The van der Waals surface area contributed by atoms with Crippen molar-refractivity contribution in [1.29, 1.82) is 0 Å². The van der Waals surface area contributed by atoms with Crippen molar-refractivity contribution in [3.05, 3.63) is 29.8 Å². The topological polar surface area (TPSA) is 41.5 Å². The minimum Gasteiger partial charge on any atom is -0.496 e. The number of nitrogens with one attached hydrogen (secondary N) is 1. The van der Waals surface area contributed by atoms with Crippen molar-refractivity contribution in [1.82, 2.24) is 5.32 Å². The first kappa shape index (κ1) is 10.5. The molecule has 1 saturated heterocycles. The van der Waals surface area contributed by atoms with E-state index in [0.29, 0.717) is 11.8 Å². The Morgan fingerprint density at radius 3 is 2.93 bits per heavy atom. The zero-order chi connectivity index (χ0) is 10.7. The van der Waals surface area contributed by atoms with Crippen LogP contribution in [-0.2, 0) is 0 Å². The maximum Gasteiger partial charge on any atom is 0.122 e. The summed E-state index contributed by atoms with van der Waals surface area (Å²) in [5, 5.41) is 12.6. The minimum absolute atomic E-state index is 0.232. The van der Waals surface area contributed by atoms with E-state index in [9.17, 15) is 5.11 Å². The first-order chi connectivity index (χ1) is 7.36. The van der Waals surface area contributed by atoms with Crippen molar-refractivity contribution in [3.8, 4) is 5.75 Å². The van der Waals surface area contributed by atoms with Gasteiger partial charge in [-0.15, -0.1) is 0 Å². The van der Waals surface area contributed by atoms with Crippen molar-refractivity contribution < 1.29 is 9.84 Å². The molecule has 1 aliphatic rings. The lowest BCUT2D eigenvalue weighted by molar-refractivity contribution is 0.225. The molecule has 2 atom stereocenters. The van der Waals surface area contributed by atoms with E-state index in [0.717, 1.165) is 18.8 Å². The number of ether oxygens (including phenoxy) is 1. The summed E-state index contributed by atoms with van der Waals surface area (Å²) in [6.07, 6.45) is 0. The SMILES string of the molecule is COc1ccccc1[C@H]1CNC[C@H]1CO. The predicted octanol–water partition coefficient (Wildman–Crippen LogP) is 0.990. The first-order valence-corrected chi connectivity index (χ1v) is 5.31. The van der Waals surface area contributed by atoms with Crippen LogP contribution in [0, 0.1) is 5.92 Å². The van der Waals surface area contributed by atoms with E-state index >= 15 is 0 Å². The summed E-state index contributed by atoms with van der Waals surface area (Å²) in [6, 6.07) is 8.05. The summed E-state index contributed by atoms with van der Waals surface area (Å²) in [5.74, 6) is 1.59. The second-order valence-electron chi connectivity index (χ2n) is 3.95. The fraction of sp³-hybridized carbons (Fsp3) is 0.500. The monoisotopic (exact) mass is 207 g/mol. The Bertz CT molecular complexity index is 327. The molecule has 1 aliphatic heterocycles. The van der Waals surface area contributed by atoms with E-state index in [2.05, 4.69) is 11.4 Å². The molecule has 0 aliphatic carbocycles. The maximum atomic E-state index is 9.28. The Hall–Kier alpha value is -1.06. The van der Waals surface area contributed by atoms with Crippen molar-refractivity contribution in [2.24, 2.45) is 5.92 Å². The van der Waals surface area contributed by atoms with E-state index in [1.54, 1.807) is 7.11 Å². The van der Waals surface area contributed by atoms with Gasteiger partial charge in [-0.25, -0.2) is 0 Å². The highest BCUT2D eigenvalue weighted by molar-refractivity contribution is 5.37. The van der Waals surface area contributed by atoms with Gasteiger partial charge in [0.05, 0.1) is 7.11 Å². The van der Waals surface area contributed by atoms with Crippen LogP contribution in [0.5, 0.6) is 5.75 Å². The Morgan fingerprint density at radius 2 is 2.20 bits per heavy atom. The molecule has 15 heavy (non-hydrogen) atoms. The largest absolute Gasteiger partial charge is 0.496 e. The predicted molar refractivity (Wildman–Crippen MR) is 59.2 cm³/mol. The highest BCUT2D eigenvalue weighted by Gasteiger charge is 2.29. The molecule has 1 heterocycles. The van der Waals surface area contributed by atoms with Gasteiger partial charge in [-0.05, 0) is 11.6 Å². The van der Waals surface area contributed by atoms with Gasteiger partial charge in [-0.1, -0.05) is 18.2 Å². The molecule has 0 amide bonds. The van der Waals surface area contributed by atoms with Crippen LogP contribution in [0.25, 0.3) is 0 Å². The van der Waals surface area contributed by atoms with Crippen molar-refractivity contribution in [2.75, 3.05) is 26.8 Å². The molecule has 2 rings (SSSR count). The number of methoxy groups -OCH3 is 1. The summed E-state index contributed by atoms with van der Waals surface area (Å²) in [5.41, 5.74) is 1.20. The lowest BCUT2D eigenvalue weighted by Gasteiger charge is -2.19. The number of benzene rings is 1. The Morgan fingerprint density at radius 1 is 1.40 bits per heavy atom. The molecule has 1 aromatic carbocycles. The molecular weight excluding hydrogens is 190 g/mol. The number of hydrogen-bond donors (Lipinski definition) is 2. The highest BCUT2D eigenvalue weighted by Crippen LogP contribution is 2.33. The number of para-hydroxylation sites is 1. The lowest BCUT2D eigenvalue weighted by Crippen LogP contribution is -2.15. The zero-order valence-electron chi connectivity index (χ0n) is 8.94. The summed E-state index contributed by atoms with van der Waals surface area (Å²) in [7, 11) is 1.69. The lowest BCUT2D eigenvalue weighted by atomic mass is 9.89. The molecule has 0 saturated carbocycles. The third-order valence-corrected chi connectivity index (χ3v) is 3.11. The van der Waals surface area contributed by atoms with Gasteiger partial charge in [-0.2, -0.15) is 0 Å². The van der Waals surface area contributed by atoms with Crippen LogP contribution >= 0.6 is 0 Å². The van der Waals surface area contributed by atoms with Gasteiger partial charge in [0.25, 0.3) is 0 Å². The maximum absolute atomic E-state index is 9.28. The molecular formula is C12H17NO2. The zero-order valence-corrected chi connectivity index (χ0v) is 8.94. The molecule has 1 aromatic rings. The van der Waals surface area contributed by atoms with E-state index in [4.69, 9.17) is 4.74 Å². The molecule has 3 nitrogen and oxygen atoms in total. The molecule has 0 bridgehead atoms. The molecule has 0 radical (unpaired) electrons. The normalized spacial score (nSPS) is 25.5. The van der Waals surface area contributed by atoms with Gasteiger partial charge in [0, 0.05) is 31.5 Å². The Balaban J connectivity index is 2.27. The van der Waals surface area contributed by atoms with Gasteiger partial charge in [0.15, 0.2) is 0 Å². The van der Waals surface area contributed by atoms with Crippen LogP contribution < -0.4 is 10.1 Å². The van der Waals surface area contributed by atoms with Gasteiger partial charge in [-0.3, -0.25) is 0 Å². The van der Waals surface area contributed by atoms with Gasteiger partial charge in [0.1, 0.15) is 5.75 Å². The smallest absolute Gasteiger partial charge is 0.122 e. The highest BCUT2D eigenvalue weighted by atomic mass is 16.5. The number of aliphatic hydroxyl groups is 1. The second-order valence-corrected chi connectivity index (χ2v) is 3.95. The molecule has 3 heteroatoms. The fourth-order valence-corrected chi connectivity index (χ4v) is 2.26. The third-order valence-electron chi connectivity index (χ3n) is 3.11. The summed E-state index contributed by atoms with van der Waals surface area (Å²) < 4.78 is 5.34. The van der Waals surface area contributed by atoms with Gasteiger partial charge >= 0.3 is 0 Å². The average molecular weight is 207 g/mol. The quantitative estimate of drug-likeness (QED) is 0.776. The van der Waals surface area contributed by atoms with E-state index in [1.165, 1.54) is 5.56 Å². The molecule has 1 fully saturated rings. The standard InChI is InChI=1S/C12H17NO2/c1-15-12-5-3-2-4-10(12)11-7-13-6-9(11)8-14/h2-5,9,11,13-14H,6-8H2,1H3/t9-,11-/m0/s1. The van der Waals surface area contributed by atoms with E-state index in [-0.39, 0.29) is 6.61 Å². The van der Waals surface area contributed by atoms with Crippen molar-refractivity contribution >= 4 is 0 Å². The second kappa shape index (κ2) is 4.64. The summed E-state index contributed by atoms with van der Waals surface area (Å²) in [4.78, 5) is 0. The van der Waals surface area contributed by atoms with Crippen LogP contribution in [-0.4, -0.2) is 31.9 Å². The van der Waals surface area contributed by atoms with E-state index < -0.39 is 0 Å². The summed E-state index contributed by atoms with van der Waals surface area (Å²) in [6.45, 7) is 2.04. The van der Waals surface area contributed by atoms with Crippen LogP contribution in [0.1, 0.15) is 11.5 Å². The fourth-order valence-electron chi connectivity index (χ4n) is 2.26. The molecule has 0 unspecified atom stereocenters. The molecule has 0 spiro atoms.